The molecule has 3 aliphatic rings. The number of imide groups is 1. The van der Waals surface area contributed by atoms with Gasteiger partial charge in [0.1, 0.15) is 11.6 Å². The number of amides is 2. The first-order chi connectivity index (χ1) is 14.7. The summed E-state index contributed by atoms with van der Waals surface area (Å²) < 4.78 is 5.46. The Hall–Kier alpha value is -2.41. The lowest BCUT2D eigenvalue weighted by atomic mass is 9.85. The highest BCUT2D eigenvalue weighted by Crippen LogP contribution is 2.39. The van der Waals surface area contributed by atoms with Gasteiger partial charge in [0.25, 0.3) is 0 Å². The number of ether oxygens (including phenoxy) is 1. The third-order valence-electron chi connectivity index (χ3n) is 6.49. The van der Waals surface area contributed by atoms with Crippen LogP contribution in [0.1, 0.15) is 63.5 Å². The molecule has 2 saturated heterocycles. The SMILES string of the molecule is CC(C)(C)OC(=O)CN1CCC(c2cccc3c2CCN3[C@@H]2CCC(=O)NC2=O)CC1. The molecule has 2 fully saturated rings. The second-order valence-electron chi connectivity index (χ2n) is 9.89. The van der Waals surface area contributed by atoms with E-state index in [1.54, 1.807) is 0 Å². The van der Waals surface area contributed by atoms with E-state index in [0.29, 0.717) is 25.3 Å². The smallest absolute Gasteiger partial charge is 0.320 e. The lowest BCUT2D eigenvalue weighted by Gasteiger charge is -2.34. The van der Waals surface area contributed by atoms with Crippen molar-refractivity contribution in [1.82, 2.24) is 10.2 Å². The fourth-order valence-electron chi connectivity index (χ4n) is 5.13. The van der Waals surface area contributed by atoms with E-state index in [9.17, 15) is 14.4 Å². The van der Waals surface area contributed by atoms with Crippen LogP contribution in [0.25, 0.3) is 0 Å². The van der Waals surface area contributed by atoms with Crippen LogP contribution in [-0.2, 0) is 25.5 Å². The Morgan fingerprint density at radius 3 is 2.52 bits per heavy atom. The van der Waals surface area contributed by atoms with Gasteiger partial charge in [0.05, 0.1) is 6.54 Å². The lowest BCUT2D eigenvalue weighted by molar-refractivity contribution is -0.156. The summed E-state index contributed by atoms with van der Waals surface area (Å²) in [5.41, 5.74) is 3.42. The molecule has 7 heteroatoms. The van der Waals surface area contributed by atoms with Crippen molar-refractivity contribution in [3.05, 3.63) is 29.3 Å². The van der Waals surface area contributed by atoms with Crippen molar-refractivity contribution < 1.29 is 19.1 Å². The van der Waals surface area contributed by atoms with Crippen LogP contribution >= 0.6 is 0 Å². The Balaban J connectivity index is 1.40. The number of esters is 1. The zero-order valence-electron chi connectivity index (χ0n) is 18.8. The number of nitrogens with zero attached hydrogens (tertiary/aromatic N) is 2. The Morgan fingerprint density at radius 2 is 1.84 bits per heavy atom. The third-order valence-corrected chi connectivity index (χ3v) is 6.49. The molecule has 0 radical (unpaired) electrons. The number of hydrogen-bond donors (Lipinski definition) is 1. The van der Waals surface area contributed by atoms with Gasteiger partial charge in [0, 0.05) is 18.7 Å². The molecular formula is C24H33N3O4. The molecule has 1 N–H and O–H groups in total. The van der Waals surface area contributed by atoms with Crippen LogP contribution in [0.3, 0.4) is 0 Å². The highest BCUT2D eigenvalue weighted by molar-refractivity contribution is 6.02. The molecule has 0 aromatic heterocycles. The predicted octanol–water partition coefficient (Wildman–Crippen LogP) is 2.38. The maximum absolute atomic E-state index is 12.4. The van der Waals surface area contributed by atoms with Gasteiger partial charge in [-0.3, -0.25) is 24.6 Å². The fraction of sp³-hybridized carbons (Fsp3) is 0.625. The van der Waals surface area contributed by atoms with Gasteiger partial charge >= 0.3 is 5.97 Å². The minimum Gasteiger partial charge on any atom is -0.459 e. The topological polar surface area (TPSA) is 79.0 Å². The van der Waals surface area contributed by atoms with Gasteiger partial charge < -0.3 is 9.64 Å². The normalized spacial score (nSPS) is 22.9. The number of rotatable bonds is 4. The van der Waals surface area contributed by atoms with Gasteiger partial charge in [0.15, 0.2) is 0 Å². The van der Waals surface area contributed by atoms with Crippen LogP contribution in [0, 0.1) is 0 Å². The number of nitrogens with one attached hydrogen (secondary N) is 1. The van der Waals surface area contributed by atoms with Gasteiger partial charge in [-0.25, -0.2) is 0 Å². The Bertz CT molecular complexity index is 868. The summed E-state index contributed by atoms with van der Waals surface area (Å²) in [6, 6.07) is 6.16. The molecule has 7 nitrogen and oxygen atoms in total. The van der Waals surface area contributed by atoms with E-state index in [0.717, 1.165) is 44.6 Å². The number of piperidine rings is 2. The van der Waals surface area contributed by atoms with Crippen molar-refractivity contribution in [2.45, 2.75) is 70.4 Å². The van der Waals surface area contributed by atoms with Gasteiger partial charge in [-0.2, -0.15) is 0 Å². The summed E-state index contributed by atoms with van der Waals surface area (Å²) in [7, 11) is 0. The molecule has 0 bridgehead atoms. The molecule has 0 unspecified atom stereocenters. The average Bonchev–Trinajstić information content (AvgIpc) is 3.11. The number of benzene rings is 1. The third kappa shape index (κ3) is 4.92. The van der Waals surface area contributed by atoms with Gasteiger partial charge in [-0.1, -0.05) is 12.1 Å². The molecule has 1 aromatic carbocycles. The van der Waals surface area contributed by atoms with E-state index >= 15 is 0 Å². The van der Waals surface area contributed by atoms with Gasteiger partial charge in [-0.05, 0) is 82.7 Å². The maximum atomic E-state index is 12.4. The van der Waals surface area contributed by atoms with Crippen molar-refractivity contribution in [3.63, 3.8) is 0 Å². The van der Waals surface area contributed by atoms with Crippen molar-refractivity contribution in [2.75, 3.05) is 31.1 Å². The fourth-order valence-corrected chi connectivity index (χ4v) is 5.13. The van der Waals surface area contributed by atoms with Crippen molar-refractivity contribution >= 4 is 23.5 Å². The highest BCUT2D eigenvalue weighted by Gasteiger charge is 2.36. The second kappa shape index (κ2) is 8.61. The first-order valence-electron chi connectivity index (χ1n) is 11.4. The average molecular weight is 428 g/mol. The standard InChI is InChI=1S/C24H33N3O4/c1-24(2,3)31-22(29)15-26-12-9-16(10-13-26)17-5-4-6-19-18(17)11-14-27(19)20-7-8-21(28)25-23(20)30/h4-6,16,20H,7-15H2,1-3H3,(H,25,28,30)/t20-/m1/s1. The quantitative estimate of drug-likeness (QED) is 0.587. The zero-order valence-corrected chi connectivity index (χ0v) is 18.8. The van der Waals surface area contributed by atoms with Crippen molar-refractivity contribution in [3.8, 4) is 0 Å². The molecule has 31 heavy (non-hydrogen) atoms. The van der Waals surface area contributed by atoms with Crippen LogP contribution in [0.4, 0.5) is 5.69 Å². The molecule has 4 rings (SSSR count). The predicted molar refractivity (Wildman–Crippen MR) is 118 cm³/mol. The summed E-state index contributed by atoms with van der Waals surface area (Å²) in [4.78, 5) is 40.4. The van der Waals surface area contributed by atoms with E-state index in [4.69, 9.17) is 4.74 Å². The maximum Gasteiger partial charge on any atom is 0.320 e. The molecule has 3 aliphatic heterocycles. The van der Waals surface area contributed by atoms with Crippen molar-refractivity contribution in [1.29, 1.82) is 0 Å². The van der Waals surface area contributed by atoms with Crippen molar-refractivity contribution in [2.24, 2.45) is 0 Å². The molecule has 0 aliphatic carbocycles. The van der Waals surface area contributed by atoms with E-state index in [-0.39, 0.29) is 23.8 Å². The van der Waals surface area contributed by atoms with E-state index in [1.807, 2.05) is 20.8 Å². The Morgan fingerprint density at radius 1 is 1.10 bits per heavy atom. The van der Waals surface area contributed by atoms with E-state index in [1.165, 1.54) is 11.1 Å². The van der Waals surface area contributed by atoms with Crippen LogP contribution in [0.2, 0.25) is 0 Å². The first-order valence-corrected chi connectivity index (χ1v) is 11.4. The molecule has 168 valence electrons. The Kier molecular flexibility index (Phi) is 6.06. The van der Waals surface area contributed by atoms with Crippen LogP contribution in [0.15, 0.2) is 18.2 Å². The minimum atomic E-state index is -0.450. The number of anilines is 1. The largest absolute Gasteiger partial charge is 0.459 e. The van der Waals surface area contributed by atoms with Crippen LogP contribution in [0.5, 0.6) is 0 Å². The highest BCUT2D eigenvalue weighted by atomic mass is 16.6. The summed E-state index contributed by atoms with van der Waals surface area (Å²) in [6.07, 6.45) is 3.94. The second-order valence-corrected chi connectivity index (χ2v) is 9.89. The molecule has 2 amide bonds. The monoisotopic (exact) mass is 427 g/mol. The molecule has 1 aromatic rings. The lowest BCUT2D eigenvalue weighted by Crippen LogP contribution is -2.52. The molecule has 1 atom stereocenters. The Labute approximate surface area is 184 Å². The molecule has 0 saturated carbocycles. The van der Waals surface area contributed by atoms with Gasteiger partial charge in [-0.15, -0.1) is 0 Å². The van der Waals surface area contributed by atoms with Crippen LogP contribution < -0.4 is 10.2 Å². The summed E-state index contributed by atoms with van der Waals surface area (Å²) in [5, 5.41) is 2.49. The number of carbonyl (C=O) groups is 3. The molecule has 3 heterocycles. The number of fused-ring (bicyclic) bond motifs is 1. The number of likely N-dealkylation sites (tertiary alicyclic amines) is 1. The molecule has 0 spiro atoms. The number of hydrogen-bond acceptors (Lipinski definition) is 6. The van der Waals surface area contributed by atoms with E-state index < -0.39 is 5.60 Å². The first kappa shape index (κ1) is 21.8. The summed E-state index contributed by atoms with van der Waals surface area (Å²) in [5.74, 6) is -0.0458. The van der Waals surface area contributed by atoms with Gasteiger partial charge in [0.2, 0.25) is 11.8 Å². The van der Waals surface area contributed by atoms with Crippen LogP contribution in [-0.4, -0.2) is 60.5 Å². The number of carbonyl (C=O) groups excluding carboxylic acids is 3. The zero-order chi connectivity index (χ0) is 22.2. The summed E-state index contributed by atoms with van der Waals surface area (Å²) >= 11 is 0. The minimum absolute atomic E-state index is 0.161. The van der Waals surface area contributed by atoms with E-state index in [2.05, 4.69) is 33.3 Å². The summed E-state index contributed by atoms with van der Waals surface area (Å²) in [6.45, 7) is 8.60. The molecular weight excluding hydrogens is 394 g/mol.